The lowest BCUT2D eigenvalue weighted by atomic mass is 9.94. The number of benzene rings is 3. The predicted molar refractivity (Wildman–Crippen MR) is 99.4 cm³/mol. The molecular weight excluding hydrogens is 292 g/mol. The molecule has 0 aliphatic heterocycles. The van der Waals surface area contributed by atoms with Crippen molar-refractivity contribution < 1.29 is 4.57 Å². The van der Waals surface area contributed by atoms with E-state index in [2.05, 4.69) is 103 Å². The minimum absolute atomic E-state index is 1.21. The summed E-state index contributed by atoms with van der Waals surface area (Å²) in [5.74, 6) is 0. The van der Waals surface area contributed by atoms with Crippen LogP contribution in [0.15, 0.2) is 73.1 Å². The van der Waals surface area contributed by atoms with Gasteiger partial charge in [0.25, 0.3) is 0 Å². The molecule has 1 heterocycles. The second-order valence-electron chi connectivity index (χ2n) is 6.37. The van der Waals surface area contributed by atoms with E-state index in [1.165, 1.54) is 39.0 Å². The van der Waals surface area contributed by atoms with E-state index in [4.69, 9.17) is 0 Å². The molecule has 0 fully saturated rings. The SMILES string of the molecule is Cc1cccc(C)c1-c1ccccc1-n1c[n+](C)c2ccccc21. The number of hydrogen-bond donors (Lipinski definition) is 0. The van der Waals surface area contributed by atoms with Gasteiger partial charge in [0.05, 0.1) is 7.05 Å². The molecule has 0 saturated heterocycles. The van der Waals surface area contributed by atoms with Gasteiger partial charge >= 0.3 is 0 Å². The molecule has 2 heteroatoms. The van der Waals surface area contributed by atoms with Gasteiger partial charge in [-0.1, -0.05) is 48.5 Å². The first kappa shape index (κ1) is 14.7. The van der Waals surface area contributed by atoms with Crippen molar-refractivity contribution in [3.63, 3.8) is 0 Å². The molecule has 118 valence electrons. The summed E-state index contributed by atoms with van der Waals surface area (Å²) in [6.07, 6.45) is 2.16. The van der Waals surface area contributed by atoms with E-state index in [9.17, 15) is 0 Å². The molecule has 0 saturated carbocycles. The standard InChI is InChI=1S/C22H21N2/c1-16-9-8-10-17(2)22(16)18-11-4-5-12-19(18)24-15-23(3)20-13-6-7-14-21(20)24/h4-15H,1-3H3/q+1. The Morgan fingerprint density at radius 3 is 2.21 bits per heavy atom. The lowest BCUT2D eigenvalue weighted by Crippen LogP contribution is -2.25. The lowest BCUT2D eigenvalue weighted by molar-refractivity contribution is -0.645. The molecule has 3 aromatic carbocycles. The van der Waals surface area contributed by atoms with Crippen LogP contribution in [0.25, 0.3) is 27.8 Å². The number of nitrogens with zero attached hydrogens (tertiary/aromatic N) is 2. The van der Waals surface area contributed by atoms with E-state index >= 15 is 0 Å². The van der Waals surface area contributed by atoms with Crippen molar-refractivity contribution in [3.8, 4) is 16.8 Å². The quantitative estimate of drug-likeness (QED) is 0.473. The molecule has 0 amide bonds. The number of aryl methyl sites for hydroxylation is 3. The van der Waals surface area contributed by atoms with Crippen molar-refractivity contribution in [2.24, 2.45) is 7.05 Å². The van der Waals surface area contributed by atoms with Gasteiger partial charge in [0.1, 0.15) is 5.69 Å². The van der Waals surface area contributed by atoms with Crippen molar-refractivity contribution in [3.05, 3.63) is 84.2 Å². The highest BCUT2D eigenvalue weighted by Gasteiger charge is 2.19. The van der Waals surface area contributed by atoms with Gasteiger partial charge in [-0.15, -0.1) is 0 Å². The van der Waals surface area contributed by atoms with Gasteiger partial charge in [0.15, 0.2) is 11.0 Å². The Labute approximate surface area is 142 Å². The number of para-hydroxylation sites is 3. The Morgan fingerprint density at radius 1 is 0.750 bits per heavy atom. The molecule has 0 N–H and O–H groups in total. The Bertz CT molecular complexity index is 1020. The summed E-state index contributed by atoms with van der Waals surface area (Å²) in [6.45, 7) is 4.37. The molecule has 0 unspecified atom stereocenters. The van der Waals surface area contributed by atoms with E-state index in [1.807, 2.05) is 0 Å². The van der Waals surface area contributed by atoms with E-state index in [0.29, 0.717) is 0 Å². The van der Waals surface area contributed by atoms with E-state index in [0.717, 1.165) is 0 Å². The van der Waals surface area contributed by atoms with Gasteiger partial charge < -0.3 is 0 Å². The smallest absolute Gasteiger partial charge is 0.232 e. The number of imidazole rings is 1. The molecular formula is C22H21N2+. The zero-order chi connectivity index (χ0) is 16.7. The van der Waals surface area contributed by atoms with Gasteiger partial charge in [0.2, 0.25) is 6.33 Å². The largest absolute Gasteiger partial charge is 0.249 e. The Kier molecular flexibility index (Phi) is 3.46. The van der Waals surface area contributed by atoms with Crippen molar-refractivity contribution in [1.82, 2.24) is 4.57 Å². The highest BCUT2D eigenvalue weighted by atomic mass is 15.1. The first-order valence-corrected chi connectivity index (χ1v) is 8.28. The molecule has 4 rings (SSSR count). The number of rotatable bonds is 2. The van der Waals surface area contributed by atoms with Crippen LogP contribution < -0.4 is 4.57 Å². The van der Waals surface area contributed by atoms with Crippen LogP contribution in [0.2, 0.25) is 0 Å². The maximum Gasteiger partial charge on any atom is 0.249 e. The fourth-order valence-electron chi connectivity index (χ4n) is 3.59. The number of fused-ring (bicyclic) bond motifs is 1. The van der Waals surface area contributed by atoms with Crippen LogP contribution in [0.5, 0.6) is 0 Å². The average Bonchev–Trinajstić information content (AvgIpc) is 2.93. The first-order chi connectivity index (χ1) is 11.7. The van der Waals surface area contributed by atoms with Crippen LogP contribution in [-0.2, 0) is 7.05 Å². The third-order valence-electron chi connectivity index (χ3n) is 4.72. The summed E-state index contributed by atoms with van der Waals surface area (Å²) >= 11 is 0. The molecule has 0 spiro atoms. The van der Waals surface area contributed by atoms with E-state index in [1.54, 1.807) is 0 Å². The molecule has 0 radical (unpaired) electrons. The zero-order valence-corrected chi connectivity index (χ0v) is 14.3. The summed E-state index contributed by atoms with van der Waals surface area (Å²) in [5, 5.41) is 0. The maximum atomic E-state index is 2.29. The summed E-state index contributed by atoms with van der Waals surface area (Å²) in [5.41, 5.74) is 8.88. The molecule has 0 aliphatic rings. The van der Waals surface area contributed by atoms with Crippen LogP contribution >= 0.6 is 0 Å². The molecule has 4 aromatic rings. The van der Waals surface area contributed by atoms with Crippen LogP contribution in [-0.4, -0.2) is 4.57 Å². The topological polar surface area (TPSA) is 8.81 Å². The normalized spacial score (nSPS) is 11.1. The van der Waals surface area contributed by atoms with Crippen molar-refractivity contribution in [2.45, 2.75) is 13.8 Å². The van der Waals surface area contributed by atoms with Crippen molar-refractivity contribution >= 4 is 11.0 Å². The molecule has 0 bridgehead atoms. The van der Waals surface area contributed by atoms with Crippen molar-refractivity contribution in [1.29, 1.82) is 0 Å². The highest BCUT2D eigenvalue weighted by Crippen LogP contribution is 2.33. The Balaban J connectivity index is 2.04. The minimum Gasteiger partial charge on any atom is -0.232 e. The zero-order valence-electron chi connectivity index (χ0n) is 14.3. The van der Waals surface area contributed by atoms with Crippen LogP contribution in [0.4, 0.5) is 0 Å². The van der Waals surface area contributed by atoms with Crippen LogP contribution in [0.3, 0.4) is 0 Å². The van der Waals surface area contributed by atoms with Crippen LogP contribution in [0.1, 0.15) is 11.1 Å². The van der Waals surface area contributed by atoms with E-state index < -0.39 is 0 Å². The van der Waals surface area contributed by atoms with Gasteiger partial charge in [-0.2, -0.15) is 4.57 Å². The van der Waals surface area contributed by atoms with Gasteiger partial charge in [0, 0.05) is 5.56 Å². The third-order valence-corrected chi connectivity index (χ3v) is 4.72. The molecule has 0 aliphatic carbocycles. The lowest BCUT2D eigenvalue weighted by Gasteiger charge is -2.12. The highest BCUT2D eigenvalue weighted by molar-refractivity contribution is 5.82. The summed E-state index contributed by atoms with van der Waals surface area (Å²) in [6, 6.07) is 23.7. The molecule has 1 aromatic heterocycles. The molecule has 24 heavy (non-hydrogen) atoms. The number of hydrogen-bond acceptors (Lipinski definition) is 0. The first-order valence-electron chi connectivity index (χ1n) is 8.28. The second kappa shape index (κ2) is 5.64. The fourth-order valence-corrected chi connectivity index (χ4v) is 3.59. The van der Waals surface area contributed by atoms with Gasteiger partial charge in [-0.3, -0.25) is 0 Å². The fraction of sp³-hybridized carbons (Fsp3) is 0.136. The van der Waals surface area contributed by atoms with Crippen molar-refractivity contribution in [2.75, 3.05) is 0 Å². The van der Waals surface area contributed by atoms with Gasteiger partial charge in [-0.05, 0) is 48.7 Å². The monoisotopic (exact) mass is 313 g/mol. The number of aromatic nitrogens is 2. The van der Waals surface area contributed by atoms with Gasteiger partial charge in [-0.25, -0.2) is 4.57 Å². The predicted octanol–water partition coefficient (Wildman–Crippen LogP) is 4.74. The summed E-state index contributed by atoms with van der Waals surface area (Å²) in [7, 11) is 2.10. The minimum atomic E-state index is 1.21. The van der Waals surface area contributed by atoms with E-state index in [-0.39, 0.29) is 0 Å². The molecule has 2 nitrogen and oxygen atoms in total. The molecule has 0 atom stereocenters. The summed E-state index contributed by atoms with van der Waals surface area (Å²) < 4.78 is 4.47. The maximum absolute atomic E-state index is 2.29. The Hall–Kier alpha value is -2.87. The summed E-state index contributed by atoms with van der Waals surface area (Å²) in [4.78, 5) is 0. The second-order valence-corrected chi connectivity index (χ2v) is 6.37. The Morgan fingerprint density at radius 2 is 1.42 bits per heavy atom. The third kappa shape index (κ3) is 2.23. The average molecular weight is 313 g/mol. The van der Waals surface area contributed by atoms with Crippen LogP contribution in [0, 0.1) is 13.8 Å².